The van der Waals surface area contributed by atoms with E-state index in [2.05, 4.69) is 60.0 Å². The molecule has 5 aromatic rings. The monoisotopic (exact) mass is 686 g/mol. The number of aryl methyl sites for hydroxylation is 1. The van der Waals surface area contributed by atoms with Crippen molar-refractivity contribution >= 4 is 29.4 Å². The Balaban J connectivity index is 0.00000139. The number of fused-ring (bicyclic) bond motifs is 1. The fourth-order valence-corrected chi connectivity index (χ4v) is 6.17. The third-order valence-corrected chi connectivity index (χ3v) is 8.78. The highest BCUT2D eigenvalue weighted by atomic mass is 16.6. The molecule has 0 saturated carbocycles. The Morgan fingerprint density at radius 2 is 1.66 bits per heavy atom. The minimum Gasteiger partial charge on any atom is -0.483 e. The molecule has 2 aliphatic heterocycles. The van der Waals surface area contributed by atoms with Gasteiger partial charge in [0.2, 0.25) is 5.95 Å². The molecule has 0 bridgehead atoms. The predicted octanol–water partition coefficient (Wildman–Crippen LogP) is 2.19. The van der Waals surface area contributed by atoms with Crippen molar-refractivity contribution in [2.45, 2.75) is 43.8 Å². The lowest BCUT2D eigenvalue weighted by Crippen LogP contribution is -2.39. The van der Waals surface area contributed by atoms with Crippen LogP contribution in [0.15, 0.2) is 67.0 Å². The Morgan fingerprint density at radius 3 is 2.30 bits per heavy atom. The number of carbonyl (C=O) groups is 1. The van der Waals surface area contributed by atoms with Crippen molar-refractivity contribution in [3.8, 4) is 0 Å². The first-order chi connectivity index (χ1) is 24.5. The number of nitrogens with one attached hydrogen (secondary N) is 3. The van der Waals surface area contributed by atoms with E-state index in [-0.39, 0.29) is 12.4 Å². The maximum Gasteiger partial charge on any atom is 0.290 e. The molecule has 5 heterocycles. The van der Waals surface area contributed by atoms with Gasteiger partial charge in [-0.15, -0.1) is 10.2 Å². The number of morpholine rings is 1. The Kier molecular flexibility index (Phi) is 11.6. The molecule has 0 unspecified atom stereocenters. The minimum atomic E-state index is -1.27. The summed E-state index contributed by atoms with van der Waals surface area (Å²) in [7, 11) is 0. The first kappa shape index (κ1) is 34.8. The summed E-state index contributed by atoms with van der Waals surface area (Å²) in [5, 5.41) is 44.2. The maximum atomic E-state index is 11.2. The molecule has 0 aliphatic carbocycles. The molecule has 264 valence electrons. The van der Waals surface area contributed by atoms with Gasteiger partial charge in [0.15, 0.2) is 29.0 Å². The normalized spacial score (nSPS) is 20.8. The van der Waals surface area contributed by atoms with Crippen molar-refractivity contribution < 1.29 is 29.6 Å². The number of ether oxygens (including phenoxy) is 2. The van der Waals surface area contributed by atoms with Gasteiger partial charge < -0.3 is 40.4 Å². The highest BCUT2D eigenvalue weighted by molar-refractivity contribution is 5.84. The van der Waals surface area contributed by atoms with Gasteiger partial charge in [-0.25, -0.2) is 4.98 Å². The van der Waals surface area contributed by atoms with Crippen molar-refractivity contribution in [1.29, 1.82) is 0 Å². The smallest absolute Gasteiger partial charge is 0.290 e. The number of aliphatic hydroxyl groups excluding tert-OH is 2. The molecule has 2 saturated heterocycles. The predicted molar refractivity (Wildman–Crippen MR) is 184 cm³/mol. The number of imidazole rings is 1. The molecule has 50 heavy (non-hydrogen) atoms. The second-order valence-corrected chi connectivity index (χ2v) is 11.9. The molecular weight excluding hydrogens is 644 g/mol. The molecule has 16 heteroatoms. The lowest BCUT2D eigenvalue weighted by molar-refractivity contribution is -0.122. The van der Waals surface area contributed by atoms with E-state index in [4.69, 9.17) is 29.3 Å². The highest BCUT2D eigenvalue weighted by Crippen LogP contribution is 2.39. The van der Waals surface area contributed by atoms with Crippen LogP contribution >= 0.6 is 0 Å². The lowest BCUT2D eigenvalue weighted by atomic mass is 9.91. The number of aromatic nitrogens is 7. The van der Waals surface area contributed by atoms with Gasteiger partial charge in [-0.1, -0.05) is 67.6 Å². The summed E-state index contributed by atoms with van der Waals surface area (Å²) < 4.78 is 13.3. The lowest BCUT2D eigenvalue weighted by Gasteiger charge is -2.26. The standard InChI is InChI=1S/C33H40N10O4.CH2O2/c1-2-24-37-30(41-40-24)28-26(44)27(45)32(47-28)43-20-36-25-29(38-33(39-31(25)43)34-13-14-42-15-17-46-18-16-42)35-19-23(21-9-5-3-6-10-21)22-11-7-4-8-12-22;2-1-3/h3-12,20,23,26-28,32,44-45H,2,13-19H2,1H3,(H,37,40,41)(H2,34,35,38,39);1H,(H,2,3)/t26-,27+,28-,32+;/m0./s1. The van der Waals surface area contributed by atoms with Crippen molar-refractivity contribution in [2.75, 3.05) is 56.6 Å². The fourth-order valence-electron chi connectivity index (χ4n) is 6.17. The van der Waals surface area contributed by atoms with Crippen LogP contribution in [0.25, 0.3) is 11.2 Å². The van der Waals surface area contributed by atoms with E-state index in [0.29, 0.717) is 54.1 Å². The molecule has 0 radical (unpaired) electrons. The van der Waals surface area contributed by atoms with Gasteiger partial charge >= 0.3 is 0 Å². The van der Waals surface area contributed by atoms with Gasteiger partial charge in [-0.3, -0.25) is 14.3 Å². The summed E-state index contributed by atoms with van der Waals surface area (Å²) >= 11 is 0. The number of hydrogen-bond acceptors (Lipinski definition) is 13. The molecule has 2 aromatic carbocycles. The van der Waals surface area contributed by atoms with E-state index < -0.39 is 24.5 Å². The van der Waals surface area contributed by atoms with E-state index >= 15 is 0 Å². The van der Waals surface area contributed by atoms with Crippen molar-refractivity contribution in [3.63, 3.8) is 0 Å². The number of hydrogen-bond donors (Lipinski definition) is 6. The average molecular weight is 687 g/mol. The van der Waals surface area contributed by atoms with Crippen LogP contribution in [0.3, 0.4) is 0 Å². The number of anilines is 2. The zero-order chi connectivity index (χ0) is 34.9. The Morgan fingerprint density at radius 1 is 0.980 bits per heavy atom. The molecule has 0 amide bonds. The van der Waals surface area contributed by atoms with Crippen LogP contribution in [0.2, 0.25) is 0 Å². The Labute approximate surface area is 288 Å². The molecule has 16 nitrogen and oxygen atoms in total. The number of nitrogens with zero attached hydrogens (tertiary/aromatic N) is 7. The van der Waals surface area contributed by atoms with Gasteiger partial charge in [0, 0.05) is 45.1 Å². The summed E-state index contributed by atoms with van der Waals surface area (Å²) in [5.41, 5.74) is 3.32. The summed E-state index contributed by atoms with van der Waals surface area (Å²) in [5.74, 6) is 2.04. The van der Waals surface area contributed by atoms with Crippen molar-refractivity contribution in [1.82, 2.24) is 39.6 Å². The van der Waals surface area contributed by atoms with E-state index in [0.717, 1.165) is 32.8 Å². The Bertz CT molecular complexity index is 1760. The van der Waals surface area contributed by atoms with Crippen LogP contribution in [-0.2, 0) is 20.7 Å². The van der Waals surface area contributed by atoms with Crippen LogP contribution in [0.4, 0.5) is 11.8 Å². The fraction of sp³-hybridized carbons (Fsp3) is 0.412. The van der Waals surface area contributed by atoms with Crippen LogP contribution in [0.5, 0.6) is 0 Å². The van der Waals surface area contributed by atoms with Gasteiger partial charge in [-0.05, 0) is 11.1 Å². The maximum absolute atomic E-state index is 11.2. The van der Waals surface area contributed by atoms with Crippen molar-refractivity contribution in [3.05, 3.63) is 89.8 Å². The van der Waals surface area contributed by atoms with E-state index in [1.165, 1.54) is 11.1 Å². The number of carboxylic acid groups (broad SMARTS) is 1. The quantitative estimate of drug-likeness (QED) is 0.104. The third kappa shape index (κ3) is 7.90. The average Bonchev–Trinajstić information content (AvgIpc) is 3.88. The largest absolute Gasteiger partial charge is 0.483 e. The summed E-state index contributed by atoms with van der Waals surface area (Å²) in [6.45, 7) is 6.91. The van der Waals surface area contributed by atoms with E-state index in [1.807, 2.05) is 43.3 Å². The van der Waals surface area contributed by atoms with Gasteiger partial charge in [0.25, 0.3) is 6.47 Å². The zero-order valence-electron chi connectivity index (χ0n) is 27.7. The van der Waals surface area contributed by atoms with Crippen LogP contribution in [0, 0.1) is 0 Å². The Hall–Kier alpha value is -5.00. The molecule has 4 atom stereocenters. The van der Waals surface area contributed by atoms with Gasteiger partial charge in [0.05, 0.1) is 19.5 Å². The molecule has 0 spiro atoms. The second kappa shape index (κ2) is 16.6. The van der Waals surface area contributed by atoms with Crippen LogP contribution in [0.1, 0.15) is 47.9 Å². The molecule has 2 aliphatic rings. The molecule has 6 N–H and O–H groups in total. The third-order valence-electron chi connectivity index (χ3n) is 8.78. The van der Waals surface area contributed by atoms with Crippen LogP contribution < -0.4 is 10.6 Å². The second-order valence-electron chi connectivity index (χ2n) is 11.9. The number of H-pyrrole nitrogens is 1. The van der Waals surface area contributed by atoms with Gasteiger partial charge in [0.1, 0.15) is 24.1 Å². The van der Waals surface area contributed by atoms with E-state index in [9.17, 15) is 10.2 Å². The summed E-state index contributed by atoms with van der Waals surface area (Å²) in [6.07, 6.45) is -2.16. The minimum absolute atomic E-state index is 0.0491. The zero-order valence-corrected chi connectivity index (χ0v) is 27.7. The molecular formula is C34H42N10O6. The SMILES string of the molecule is CCc1nnc([C@H]2O[C@@H](n3cnc4c(NCC(c5ccccc5)c5ccccc5)nc(NCCN5CCOCC5)nc43)[C@H](O)[C@@H]2O)[nH]1.O=CO. The number of benzene rings is 2. The molecule has 3 aromatic heterocycles. The number of rotatable bonds is 12. The van der Waals surface area contributed by atoms with Crippen molar-refractivity contribution in [2.24, 2.45) is 0 Å². The van der Waals surface area contributed by atoms with Crippen LogP contribution in [-0.4, -0.2) is 120 Å². The number of aliphatic hydroxyl groups is 2. The van der Waals surface area contributed by atoms with E-state index in [1.54, 1.807) is 10.9 Å². The highest BCUT2D eigenvalue weighted by Gasteiger charge is 2.46. The van der Waals surface area contributed by atoms with Gasteiger partial charge in [-0.2, -0.15) is 9.97 Å². The summed E-state index contributed by atoms with van der Waals surface area (Å²) in [6, 6.07) is 20.7. The summed E-state index contributed by atoms with van der Waals surface area (Å²) in [4.78, 5) is 28.1. The first-order valence-electron chi connectivity index (χ1n) is 16.6. The molecule has 2 fully saturated rings. The molecule has 7 rings (SSSR count). The first-order valence-corrected chi connectivity index (χ1v) is 16.6. The topological polar surface area (TPSA) is 209 Å². The number of aromatic amines is 1.